The Morgan fingerprint density at radius 2 is 2.22 bits per heavy atom. The number of nitrogens with one attached hydrogen (secondary N) is 1. The number of nitrogens with two attached hydrogens (primary N) is 1. The maximum atomic E-state index is 11.9. The van der Waals surface area contributed by atoms with Crippen molar-refractivity contribution in [2.45, 2.75) is 25.8 Å². The normalized spacial score (nSPS) is 20.1. The van der Waals surface area contributed by atoms with Gasteiger partial charge >= 0.3 is 0 Å². The predicted molar refractivity (Wildman–Crippen MR) is 65.6 cm³/mol. The van der Waals surface area contributed by atoms with Gasteiger partial charge in [-0.15, -0.1) is 0 Å². The minimum absolute atomic E-state index is 0.149. The maximum Gasteiger partial charge on any atom is 0.251 e. The molecule has 1 aromatic rings. The van der Waals surface area contributed by atoms with Gasteiger partial charge in [-0.2, -0.15) is 4.98 Å². The van der Waals surface area contributed by atoms with Crippen LogP contribution in [0.25, 0.3) is 0 Å². The second kappa shape index (κ2) is 4.59. The van der Waals surface area contributed by atoms with Crippen LogP contribution < -0.4 is 11.1 Å². The molecule has 0 bridgehead atoms. The second-order valence-electron chi connectivity index (χ2n) is 4.29. The number of likely N-dealkylation sites (N-methyl/N-ethyl adjacent to an activating group) is 1. The van der Waals surface area contributed by atoms with Crippen LogP contribution in [0.5, 0.6) is 0 Å². The Labute approximate surface area is 104 Å². The molecule has 7 nitrogen and oxygen atoms in total. The third-order valence-corrected chi connectivity index (χ3v) is 2.95. The fraction of sp³-hybridized carbons (Fsp3) is 0.455. The molecular formula is C11H15N5O2. The van der Waals surface area contributed by atoms with Gasteiger partial charge < -0.3 is 11.1 Å². The van der Waals surface area contributed by atoms with E-state index in [4.69, 9.17) is 5.73 Å². The zero-order chi connectivity index (χ0) is 13.3. The molecule has 2 heterocycles. The van der Waals surface area contributed by atoms with E-state index in [2.05, 4.69) is 15.3 Å². The van der Waals surface area contributed by atoms with E-state index < -0.39 is 6.04 Å². The maximum absolute atomic E-state index is 11.9. The molecule has 0 saturated carbocycles. The van der Waals surface area contributed by atoms with Crippen LogP contribution >= 0.6 is 0 Å². The SMILES string of the molecule is Cc1cnc(N)nc1NC1CCC(=O)N(C)C1=O. The van der Waals surface area contributed by atoms with Crippen molar-refractivity contribution in [2.24, 2.45) is 0 Å². The summed E-state index contributed by atoms with van der Waals surface area (Å²) < 4.78 is 0. The van der Waals surface area contributed by atoms with Gasteiger partial charge in [-0.3, -0.25) is 14.5 Å². The molecule has 3 N–H and O–H groups in total. The third kappa shape index (κ3) is 2.24. The molecule has 1 aliphatic rings. The van der Waals surface area contributed by atoms with Gasteiger partial charge in [-0.25, -0.2) is 4.98 Å². The Hall–Kier alpha value is -2.18. The van der Waals surface area contributed by atoms with Gasteiger partial charge in [0.05, 0.1) is 0 Å². The number of carbonyl (C=O) groups is 2. The number of piperidine rings is 1. The van der Waals surface area contributed by atoms with Crippen LogP contribution in [0.2, 0.25) is 0 Å². The summed E-state index contributed by atoms with van der Waals surface area (Å²) >= 11 is 0. The van der Waals surface area contributed by atoms with E-state index in [1.54, 1.807) is 6.20 Å². The van der Waals surface area contributed by atoms with Crippen LogP contribution in [-0.4, -0.2) is 39.8 Å². The topological polar surface area (TPSA) is 101 Å². The summed E-state index contributed by atoms with van der Waals surface area (Å²) in [4.78, 5) is 32.3. The number of rotatable bonds is 2. The number of amides is 2. The smallest absolute Gasteiger partial charge is 0.251 e. The Kier molecular flexibility index (Phi) is 3.14. The van der Waals surface area contributed by atoms with Crippen LogP contribution in [0.15, 0.2) is 6.20 Å². The number of hydrogen-bond donors (Lipinski definition) is 2. The van der Waals surface area contributed by atoms with Crippen molar-refractivity contribution >= 4 is 23.6 Å². The molecule has 1 atom stereocenters. The van der Waals surface area contributed by atoms with Gasteiger partial charge in [0, 0.05) is 25.2 Å². The average molecular weight is 249 g/mol. The molecule has 7 heteroatoms. The summed E-state index contributed by atoms with van der Waals surface area (Å²) in [6, 6.07) is -0.444. The molecule has 2 amide bonds. The van der Waals surface area contributed by atoms with E-state index in [0.29, 0.717) is 18.7 Å². The van der Waals surface area contributed by atoms with Gasteiger partial charge in [-0.1, -0.05) is 0 Å². The lowest BCUT2D eigenvalue weighted by Crippen LogP contribution is -2.48. The second-order valence-corrected chi connectivity index (χ2v) is 4.29. The summed E-state index contributed by atoms with van der Waals surface area (Å²) in [7, 11) is 1.49. The third-order valence-electron chi connectivity index (χ3n) is 2.95. The Morgan fingerprint density at radius 3 is 2.94 bits per heavy atom. The minimum atomic E-state index is -0.444. The number of anilines is 2. The first-order valence-corrected chi connectivity index (χ1v) is 5.65. The summed E-state index contributed by atoms with van der Waals surface area (Å²) in [5.41, 5.74) is 6.31. The van der Waals surface area contributed by atoms with Crippen molar-refractivity contribution in [3.8, 4) is 0 Å². The lowest BCUT2D eigenvalue weighted by atomic mass is 10.0. The first-order valence-electron chi connectivity index (χ1n) is 5.65. The monoisotopic (exact) mass is 249 g/mol. The molecule has 1 fully saturated rings. The summed E-state index contributed by atoms with van der Waals surface area (Å²) in [5.74, 6) is 0.277. The molecule has 0 spiro atoms. The minimum Gasteiger partial charge on any atom is -0.368 e. The van der Waals surface area contributed by atoms with Gasteiger partial charge in [0.15, 0.2) is 0 Å². The van der Waals surface area contributed by atoms with Gasteiger partial charge in [0.1, 0.15) is 11.9 Å². The Bertz CT molecular complexity index is 502. The van der Waals surface area contributed by atoms with Crippen LogP contribution in [0.1, 0.15) is 18.4 Å². The number of likely N-dealkylation sites (tertiary alicyclic amines) is 1. The number of carbonyl (C=O) groups excluding carboxylic acids is 2. The van der Waals surface area contributed by atoms with Gasteiger partial charge in [-0.05, 0) is 13.3 Å². The van der Waals surface area contributed by atoms with Crippen LogP contribution in [0.3, 0.4) is 0 Å². The molecular weight excluding hydrogens is 234 g/mol. The number of hydrogen-bond acceptors (Lipinski definition) is 6. The molecule has 96 valence electrons. The molecule has 0 radical (unpaired) electrons. The number of imide groups is 1. The Balaban J connectivity index is 2.16. The lowest BCUT2D eigenvalue weighted by molar-refractivity contribution is -0.146. The van der Waals surface area contributed by atoms with Crippen LogP contribution in [0, 0.1) is 6.92 Å². The lowest BCUT2D eigenvalue weighted by Gasteiger charge is -2.28. The van der Waals surface area contributed by atoms with E-state index in [1.165, 1.54) is 7.05 Å². The van der Waals surface area contributed by atoms with Crippen molar-refractivity contribution in [2.75, 3.05) is 18.1 Å². The van der Waals surface area contributed by atoms with E-state index in [-0.39, 0.29) is 17.8 Å². The highest BCUT2D eigenvalue weighted by atomic mass is 16.2. The molecule has 1 unspecified atom stereocenters. The summed E-state index contributed by atoms with van der Waals surface area (Å²) in [5, 5.41) is 3.02. The number of aromatic nitrogens is 2. The summed E-state index contributed by atoms with van der Waals surface area (Å²) in [6.07, 6.45) is 2.40. The molecule has 18 heavy (non-hydrogen) atoms. The van der Waals surface area contributed by atoms with Crippen LogP contribution in [-0.2, 0) is 9.59 Å². The van der Waals surface area contributed by atoms with Crippen molar-refractivity contribution in [1.29, 1.82) is 0 Å². The highest BCUT2D eigenvalue weighted by molar-refractivity contribution is 6.01. The number of nitrogen functional groups attached to an aromatic ring is 1. The van der Waals surface area contributed by atoms with Gasteiger partial charge in [0.25, 0.3) is 5.91 Å². The number of nitrogens with zero attached hydrogens (tertiary/aromatic N) is 3. The summed E-state index contributed by atoms with van der Waals surface area (Å²) in [6.45, 7) is 1.82. The zero-order valence-corrected chi connectivity index (χ0v) is 10.3. The highest BCUT2D eigenvalue weighted by Gasteiger charge is 2.32. The first kappa shape index (κ1) is 12.3. The molecule has 1 aromatic heterocycles. The van der Waals surface area contributed by atoms with Crippen molar-refractivity contribution in [3.63, 3.8) is 0 Å². The van der Waals surface area contributed by atoms with Gasteiger partial charge in [0.2, 0.25) is 11.9 Å². The molecule has 1 saturated heterocycles. The van der Waals surface area contributed by atoms with Crippen molar-refractivity contribution in [3.05, 3.63) is 11.8 Å². The van der Waals surface area contributed by atoms with E-state index in [1.807, 2.05) is 6.92 Å². The highest BCUT2D eigenvalue weighted by Crippen LogP contribution is 2.18. The van der Waals surface area contributed by atoms with Crippen molar-refractivity contribution < 1.29 is 9.59 Å². The Morgan fingerprint density at radius 1 is 1.50 bits per heavy atom. The molecule has 1 aliphatic heterocycles. The van der Waals surface area contributed by atoms with Crippen LogP contribution in [0.4, 0.5) is 11.8 Å². The quantitative estimate of drug-likeness (QED) is 0.711. The molecule has 0 aliphatic carbocycles. The fourth-order valence-corrected chi connectivity index (χ4v) is 1.82. The van der Waals surface area contributed by atoms with Crippen molar-refractivity contribution in [1.82, 2.24) is 14.9 Å². The van der Waals surface area contributed by atoms with E-state index >= 15 is 0 Å². The molecule has 2 rings (SSSR count). The standard InChI is InChI=1S/C11H15N5O2/c1-6-5-13-11(12)15-9(6)14-7-3-4-8(17)16(2)10(7)18/h5,7H,3-4H2,1-2H3,(H3,12,13,14,15). The fourth-order valence-electron chi connectivity index (χ4n) is 1.82. The largest absolute Gasteiger partial charge is 0.368 e. The average Bonchev–Trinajstić information content (AvgIpc) is 2.34. The number of aryl methyl sites for hydroxylation is 1. The van der Waals surface area contributed by atoms with E-state index in [0.717, 1.165) is 10.5 Å². The predicted octanol–water partition coefficient (Wildman–Crippen LogP) is -0.0735. The van der Waals surface area contributed by atoms with E-state index in [9.17, 15) is 9.59 Å². The first-order chi connectivity index (χ1) is 8.49. The zero-order valence-electron chi connectivity index (χ0n) is 10.3. The molecule has 0 aromatic carbocycles.